The van der Waals surface area contributed by atoms with Crippen molar-refractivity contribution < 1.29 is 4.79 Å². The summed E-state index contributed by atoms with van der Waals surface area (Å²) in [6.45, 7) is 5.63. The van der Waals surface area contributed by atoms with Crippen LogP contribution >= 0.6 is 0 Å². The van der Waals surface area contributed by atoms with Gasteiger partial charge in [0.25, 0.3) is 5.91 Å². The first kappa shape index (κ1) is 21.5. The van der Waals surface area contributed by atoms with Gasteiger partial charge in [-0.15, -0.1) is 0 Å². The number of carbonyl (C=O) groups excluding carboxylic acids is 1. The van der Waals surface area contributed by atoms with Crippen LogP contribution in [0.3, 0.4) is 0 Å². The summed E-state index contributed by atoms with van der Waals surface area (Å²) in [4.78, 5) is 14.2. The second-order valence-electron chi connectivity index (χ2n) is 8.13. The maximum Gasteiger partial charge on any atom is 0.251 e. The number of benzene rings is 2. The molecule has 0 aliphatic carbocycles. The summed E-state index contributed by atoms with van der Waals surface area (Å²) in [7, 11) is 1.66. The predicted molar refractivity (Wildman–Crippen MR) is 120 cm³/mol. The van der Waals surface area contributed by atoms with Gasteiger partial charge in [0.1, 0.15) is 0 Å². The number of unbranched alkanes of at least 4 members (excludes halogenated alkanes) is 1. The quantitative estimate of drug-likeness (QED) is 0.602. The van der Waals surface area contributed by atoms with E-state index in [4.69, 9.17) is 0 Å². The molecule has 4 heteroatoms. The lowest BCUT2D eigenvalue weighted by atomic mass is 9.90. The Labute approximate surface area is 175 Å². The Kier molecular flexibility index (Phi) is 8.72. The van der Waals surface area contributed by atoms with Gasteiger partial charge in [0.05, 0.1) is 0 Å². The fourth-order valence-corrected chi connectivity index (χ4v) is 4.10. The molecule has 29 heavy (non-hydrogen) atoms. The smallest absolute Gasteiger partial charge is 0.251 e. The third-order valence-corrected chi connectivity index (χ3v) is 5.92. The zero-order chi connectivity index (χ0) is 20.3. The van der Waals surface area contributed by atoms with Gasteiger partial charge in [-0.1, -0.05) is 42.5 Å². The van der Waals surface area contributed by atoms with Crippen molar-refractivity contribution in [2.75, 3.05) is 33.2 Å². The normalized spacial score (nSPS) is 15.3. The van der Waals surface area contributed by atoms with Gasteiger partial charge in [0, 0.05) is 19.2 Å². The summed E-state index contributed by atoms with van der Waals surface area (Å²) in [5, 5.41) is 6.17. The zero-order valence-electron chi connectivity index (χ0n) is 17.7. The SMILES string of the molecule is CNC(=O)c1ccc(CNCCCCN2CCC(Cc3ccccc3)CC2)cc1. The first-order valence-corrected chi connectivity index (χ1v) is 11.0. The van der Waals surface area contributed by atoms with Gasteiger partial charge in [-0.25, -0.2) is 0 Å². The van der Waals surface area contributed by atoms with E-state index >= 15 is 0 Å². The number of nitrogens with zero attached hydrogens (tertiary/aromatic N) is 1. The molecule has 2 aromatic carbocycles. The van der Waals surface area contributed by atoms with Gasteiger partial charge in [-0.3, -0.25) is 4.79 Å². The number of nitrogens with one attached hydrogen (secondary N) is 2. The molecule has 3 rings (SSSR count). The number of hydrogen-bond acceptors (Lipinski definition) is 3. The zero-order valence-corrected chi connectivity index (χ0v) is 17.7. The molecule has 1 saturated heterocycles. The number of amides is 1. The Bertz CT molecular complexity index is 721. The van der Waals surface area contributed by atoms with Crippen molar-refractivity contribution in [2.45, 2.75) is 38.6 Å². The fraction of sp³-hybridized carbons (Fsp3) is 0.480. The maximum absolute atomic E-state index is 11.6. The van der Waals surface area contributed by atoms with Crippen molar-refractivity contribution in [1.82, 2.24) is 15.5 Å². The molecule has 2 N–H and O–H groups in total. The van der Waals surface area contributed by atoms with Crippen LogP contribution in [0.4, 0.5) is 0 Å². The largest absolute Gasteiger partial charge is 0.355 e. The summed E-state index contributed by atoms with van der Waals surface area (Å²) in [6, 6.07) is 18.7. The Morgan fingerprint density at radius 2 is 1.69 bits per heavy atom. The number of hydrogen-bond donors (Lipinski definition) is 2. The molecule has 4 nitrogen and oxygen atoms in total. The molecule has 1 amide bonds. The molecule has 2 aromatic rings. The van der Waals surface area contributed by atoms with E-state index in [1.165, 1.54) is 62.9 Å². The second-order valence-corrected chi connectivity index (χ2v) is 8.13. The minimum absolute atomic E-state index is 0.0337. The molecule has 156 valence electrons. The third kappa shape index (κ3) is 7.30. The van der Waals surface area contributed by atoms with Gasteiger partial charge >= 0.3 is 0 Å². The molecular formula is C25H35N3O. The molecule has 0 unspecified atom stereocenters. The van der Waals surface area contributed by atoms with E-state index in [0.717, 1.165) is 19.0 Å². The summed E-state index contributed by atoms with van der Waals surface area (Å²) in [5.41, 5.74) is 3.42. The van der Waals surface area contributed by atoms with Crippen LogP contribution in [0.2, 0.25) is 0 Å². The van der Waals surface area contributed by atoms with E-state index in [0.29, 0.717) is 5.56 Å². The van der Waals surface area contributed by atoms with E-state index in [2.05, 4.69) is 45.9 Å². The summed E-state index contributed by atoms with van der Waals surface area (Å²) in [5.74, 6) is 0.818. The van der Waals surface area contributed by atoms with Crippen molar-refractivity contribution in [2.24, 2.45) is 5.92 Å². The Hall–Kier alpha value is -2.17. The number of piperidine rings is 1. The monoisotopic (exact) mass is 393 g/mol. The highest BCUT2D eigenvalue weighted by molar-refractivity contribution is 5.93. The topological polar surface area (TPSA) is 44.4 Å². The number of rotatable bonds is 10. The Morgan fingerprint density at radius 1 is 0.966 bits per heavy atom. The maximum atomic E-state index is 11.6. The molecular weight excluding hydrogens is 358 g/mol. The van der Waals surface area contributed by atoms with Crippen LogP contribution in [0.1, 0.15) is 47.2 Å². The highest BCUT2D eigenvalue weighted by Gasteiger charge is 2.18. The van der Waals surface area contributed by atoms with E-state index < -0.39 is 0 Å². The highest BCUT2D eigenvalue weighted by atomic mass is 16.1. The molecule has 0 radical (unpaired) electrons. The van der Waals surface area contributed by atoms with Gasteiger partial charge < -0.3 is 15.5 Å². The van der Waals surface area contributed by atoms with Crippen LogP contribution in [0, 0.1) is 5.92 Å². The lowest BCUT2D eigenvalue weighted by Crippen LogP contribution is -2.35. The van der Waals surface area contributed by atoms with Crippen LogP contribution in [0.25, 0.3) is 0 Å². The van der Waals surface area contributed by atoms with E-state index in [1.54, 1.807) is 7.05 Å². The van der Waals surface area contributed by atoms with Crippen molar-refractivity contribution >= 4 is 5.91 Å². The molecule has 0 saturated carbocycles. The number of carbonyl (C=O) groups is 1. The predicted octanol–water partition coefficient (Wildman–Crippen LogP) is 3.87. The first-order chi connectivity index (χ1) is 14.2. The lowest BCUT2D eigenvalue weighted by molar-refractivity contribution is 0.0963. The van der Waals surface area contributed by atoms with E-state index in [1.807, 2.05) is 24.3 Å². The minimum atomic E-state index is -0.0337. The molecule has 0 bridgehead atoms. The van der Waals surface area contributed by atoms with Gasteiger partial charge in [-0.2, -0.15) is 0 Å². The molecule has 1 fully saturated rings. The van der Waals surface area contributed by atoms with Crippen molar-refractivity contribution in [3.8, 4) is 0 Å². The van der Waals surface area contributed by atoms with Gasteiger partial charge in [0.15, 0.2) is 0 Å². The fourth-order valence-electron chi connectivity index (χ4n) is 4.10. The molecule has 0 atom stereocenters. The minimum Gasteiger partial charge on any atom is -0.355 e. The van der Waals surface area contributed by atoms with Crippen LogP contribution in [-0.2, 0) is 13.0 Å². The summed E-state index contributed by atoms with van der Waals surface area (Å²) >= 11 is 0. The average Bonchev–Trinajstić information content (AvgIpc) is 2.78. The Morgan fingerprint density at radius 3 is 2.38 bits per heavy atom. The van der Waals surface area contributed by atoms with Gasteiger partial charge in [-0.05, 0) is 87.5 Å². The molecule has 1 aliphatic heterocycles. The molecule has 0 aromatic heterocycles. The van der Waals surface area contributed by atoms with Crippen LogP contribution < -0.4 is 10.6 Å². The Balaban J connectivity index is 1.23. The van der Waals surface area contributed by atoms with Gasteiger partial charge in [0.2, 0.25) is 0 Å². The molecule has 0 spiro atoms. The third-order valence-electron chi connectivity index (χ3n) is 5.92. The molecule has 1 heterocycles. The van der Waals surface area contributed by atoms with E-state index in [9.17, 15) is 4.79 Å². The van der Waals surface area contributed by atoms with Crippen molar-refractivity contribution in [3.05, 3.63) is 71.3 Å². The van der Waals surface area contributed by atoms with Crippen LogP contribution in [0.5, 0.6) is 0 Å². The summed E-state index contributed by atoms with van der Waals surface area (Å²) < 4.78 is 0. The van der Waals surface area contributed by atoms with Crippen molar-refractivity contribution in [1.29, 1.82) is 0 Å². The molecule has 1 aliphatic rings. The highest BCUT2D eigenvalue weighted by Crippen LogP contribution is 2.21. The standard InChI is InChI=1S/C25H35N3O/c1-26-25(29)24-11-9-23(10-12-24)20-27-15-5-6-16-28-17-13-22(14-18-28)19-21-7-3-2-4-8-21/h2-4,7-12,22,27H,5-6,13-20H2,1H3,(H,26,29). The van der Waals surface area contributed by atoms with E-state index in [-0.39, 0.29) is 5.91 Å². The van der Waals surface area contributed by atoms with Crippen LogP contribution in [-0.4, -0.2) is 44.0 Å². The van der Waals surface area contributed by atoms with Crippen molar-refractivity contribution in [3.63, 3.8) is 0 Å². The first-order valence-electron chi connectivity index (χ1n) is 11.0. The lowest BCUT2D eigenvalue weighted by Gasteiger charge is -2.32. The number of likely N-dealkylation sites (tertiary alicyclic amines) is 1. The second kappa shape index (κ2) is 11.7. The summed E-state index contributed by atoms with van der Waals surface area (Å²) in [6.07, 6.45) is 6.37. The van der Waals surface area contributed by atoms with Crippen LogP contribution in [0.15, 0.2) is 54.6 Å². The average molecular weight is 394 g/mol.